The molecular weight excluding hydrogens is 581 g/mol. The molecule has 1 aromatic heterocycles. The molecule has 0 fully saturated rings. The Labute approximate surface area is 279 Å². The molecule has 0 aliphatic heterocycles. The van der Waals surface area contributed by atoms with Gasteiger partial charge in [-0.05, 0) is 95.5 Å². The maximum atomic E-state index is 6.55. The molecule has 1 heteroatoms. The lowest BCUT2D eigenvalue weighted by atomic mass is 9.83. The summed E-state index contributed by atoms with van der Waals surface area (Å²) in [7, 11) is 0. The lowest BCUT2D eigenvalue weighted by Crippen LogP contribution is -2.22. The summed E-state index contributed by atoms with van der Waals surface area (Å²) in [5.74, 6) is 0. The Kier molecular flexibility index (Phi) is 6.59. The van der Waals surface area contributed by atoms with Crippen LogP contribution in [0.2, 0.25) is 0 Å². The quantitative estimate of drug-likeness (QED) is 0.180. The van der Waals surface area contributed by atoms with E-state index in [2.05, 4.69) is 159 Å². The van der Waals surface area contributed by atoms with E-state index in [4.69, 9.17) is 4.42 Å². The van der Waals surface area contributed by atoms with Gasteiger partial charge >= 0.3 is 0 Å². The third-order valence-corrected chi connectivity index (χ3v) is 9.83. The second-order valence-corrected chi connectivity index (χ2v) is 12.5. The van der Waals surface area contributed by atoms with Gasteiger partial charge in [0.1, 0.15) is 11.0 Å². The zero-order chi connectivity index (χ0) is 32.2. The minimum Gasteiger partial charge on any atom is -0.456 e. The van der Waals surface area contributed by atoms with E-state index in [0.29, 0.717) is 0 Å². The second kappa shape index (κ2) is 11.3. The molecular formula is C47H32O. The average Bonchev–Trinajstić information content (AvgIpc) is 3.51. The Morgan fingerprint density at radius 2 is 1.00 bits per heavy atom. The van der Waals surface area contributed by atoms with Gasteiger partial charge in [-0.25, -0.2) is 0 Å². The van der Waals surface area contributed by atoms with Crippen LogP contribution in [-0.2, 0) is 0 Å². The molecule has 0 aliphatic rings. The minimum absolute atomic E-state index is 0.872. The number of rotatable bonds is 4. The fourth-order valence-electron chi connectivity index (χ4n) is 7.64. The number of fused-ring (bicyclic) bond motifs is 5. The molecule has 226 valence electrons. The average molecular weight is 613 g/mol. The van der Waals surface area contributed by atoms with Crippen LogP contribution in [0.5, 0.6) is 0 Å². The molecule has 0 amide bonds. The molecule has 0 N–H and O–H groups in total. The first-order valence-corrected chi connectivity index (χ1v) is 16.5. The number of allylic oxidation sites excluding steroid dienone is 1. The smallest absolute Gasteiger partial charge is 0.138 e. The second-order valence-electron chi connectivity index (χ2n) is 12.5. The fraction of sp³-hybridized carbons (Fsp3) is 0.0213. The molecule has 0 aliphatic carbocycles. The summed E-state index contributed by atoms with van der Waals surface area (Å²) in [6, 6.07) is 54.9. The van der Waals surface area contributed by atoms with Gasteiger partial charge in [-0.3, -0.25) is 0 Å². The van der Waals surface area contributed by atoms with Crippen molar-refractivity contribution in [2.45, 2.75) is 6.92 Å². The Bertz CT molecular complexity index is 2860. The highest BCUT2D eigenvalue weighted by Crippen LogP contribution is 2.47. The van der Waals surface area contributed by atoms with Crippen LogP contribution in [-0.4, -0.2) is 0 Å². The van der Waals surface area contributed by atoms with Gasteiger partial charge in [-0.1, -0.05) is 158 Å². The molecule has 0 spiro atoms. The Balaban J connectivity index is 1.47. The van der Waals surface area contributed by atoms with Gasteiger partial charge in [0, 0.05) is 10.6 Å². The van der Waals surface area contributed by atoms with Crippen LogP contribution in [0.1, 0.15) is 12.5 Å². The number of benzene rings is 8. The third-order valence-electron chi connectivity index (χ3n) is 9.83. The maximum absolute atomic E-state index is 6.55. The zero-order valence-electron chi connectivity index (χ0n) is 26.7. The van der Waals surface area contributed by atoms with E-state index in [0.717, 1.165) is 32.7 Å². The number of para-hydroxylation sites is 1. The molecule has 9 rings (SSSR count). The van der Waals surface area contributed by atoms with Gasteiger partial charge < -0.3 is 4.42 Å². The highest BCUT2D eigenvalue weighted by molar-refractivity contribution is 6.25. The van der Waals surface area contributed by atoms with Crippen molar-refractivity contribution in [3.63, 3.8) is 0 Å². The van der Waals surface area contributed by atoms with Crippen LogP contribution in [0.25, 0.3) is 88.0 Å². The summed E-state index contributed by atoms with van der Waals surface area (Å²) in [6.07, 6.45) is 3.90. The third kappa shape index (κ3) is 4.32. The van der Waals surface area contributed by atoms with E-state index in [1.165, 1.54) is 65.3 Å². The molecule has 0 saturated heterocycles. The number of furan rings is 1. The van der Waals surface area contributed by atoms with Crippen molar-refractivity contribution < 1.29 is 4.42 Å². The molecule has 48 heavy (non-hydrogen) atoms. The SMILES string of the molecule is C=C/C=c1\c(=C(/C)c2ccc3c(-c4cccc5ccccc45)c4ccccc4c(-c4cccc5ccccc45)c3c2)oc2ccccc12. The molecule has 0 bridgehead atoms. The van der Waals surface area contributed by atoms with Crippen LogP contribution in [0.15, 0.2) is 169 Å². The Morgan fingerprint density at radius 1 is 0.500 bits per heavy atom. The first-order chi connectivity index (χ1) is 23.7. The van der Waals surface area contributed by atoms with Crippen molar-refractivity contribution in [3.8, 4) is 22.3 Å². The van der Waals surface area contributed by atoms with Crippen molar-refractivity contribution in [1.29, 1.82) is 0 Å². The lowest BCUT2D eigenvalue weighted by Gasteiger charge is -2.20. The van der Waals surface area contributed by atoms with Gasteiger partial charge in [0.15, 0.2) is 0 Å². The lowest BCUT2D eigenvalue weighted by molar-refractivity contribution is 0.572. The monoisotopic (exact) mass is 612 g/mol. The molecule has 0 atom stereocenters. The van der Waals surface area contributed by atoms with Gasteiger partial charge in [0.05, 0.1) is 0 Å². The first kappa shape index (κ1) is 28.1. The number of hydrogen-bond acceptors (Lipinski definition) is 1. The van der Waals surface area contributed by atoms with E-state index in [1.54, 1.807) is 0 Å². The van der Waals surface area contributed by atoms with E-state index in [9.17, 15) is 0 Å². The largest absolute Gasteiger partial charge is 0.456 e. The van der Waals surface area contributed by atoms with Crippen molar-refractivity contribution >= 4 is 65.7 Å². The highest BCUT2D eigenvalue weighted by Gasteiger charge is 2.20. The fourth-order valence-corrected chi connectivity index (χ4v) is 7.64. The maximum Gasteiger partial charge on any atom is 0.138 e. The van der Waals surface area contributed by atoms with Crippen molar-refractivity contribution in [2.75, 3.05) is 0 Å². The first-order valence-electron chi connectivity index (χ1n) is 16.5. The van der Waals surface area contributed by atoms with Crippen molar-refractivity contribution in [1.82, 2.24) is 0 Å². The molecule has 0 radical (unpaired) electrons. The summed E-state index contributed by atoms with van der Waals surface area (Å²) in [5.41, 5.74) is 8.95. The minimum atomic E-state index is 0.872. The van der Waals surface area contributed by atoms with E-state index < -0.39 is 0 Å². The van der Waals surface area contributed by atoms with Crippen LogP contribution in [0, 0.1) is 0 Å². The summed E-state index contributed by atoms with van der Waals surface area (Å²) in [5, 5.41) is 12.1. The summed E-state index contributed by atoms with van der Waals surface area (Å²) in [4.78, 5) is 0. The number of hydrogen-bond donors (Lipinski definition) is 0. The van der Waals surface area contributed by atoms with Crippen LogP contribution < -0.4 is 10.6 Å². The van der Waals surface area contributed by atoms with E-state index in [-0.39, 0.29) is 0 Å². The molecule has 1 nitrogen and oxygen atoms in total. The van der Waals surface area contributed by atoms with Crippen LogP contribution >= 0.6 is 0 Å². The molecule has 0 unspecified atom stereocenters. The van der Waals surface area contributed by atoms with E-state index >= 15 is 0 Å². The zero-order valence-corrected chi connectivity index (χ0v) is 26.7. The predicted octanol–water partition coefficient (Wildman–Crippen LogP) is 11.6. The molecule has 0 saturated carbocycles. The van der Waals surface area contributed by atoms with Gasteiger partial charge in [-0.2, -0.15) is 0 Å². The molecule has 9 aromatic rings. The summed E-state index contributed by atoms with van der Waals surface area (Å²) < 4.78 is 6.55. The Hall–Kier alpha value is -6.18. The van der Waals surface area contributed by atoms with Crippen molar-refractivity contribution in [3.05, 3.63) is 181 Å². The highest BCUT2D eigenvalue weighted by atomic mass is 16.3. The van der Waals surface area contributed by atoms with Crippen LogP contribution in [0.4, 0.5) is 0 Å². The molecule has 8 aromatic carbocycles. The summed E-state index contributed by atoms with van der Waals surface area (Å²) >= 11 is 0. The van der Waals surface area contributed by atoms with Gasteiger partial charge in [0.25, 0.3) is 0 Å². The van der Waals surface area contributed by atoms with Crippen LogP contribution in [0.3, 0.4) is 0 Å². The predicted molar refractivity (Wildman–Crippen MR) is 206 cm³/mol. The summed E-state index contributed by atoms with van der Waals surface area (Å²) in [6.45, 7) is 6.18. The topological polar surface area (TPSA) is 13.1 Å². The Morgan fingerprint density at radius 3 is 1.62 bits per heavy atom. The van der Waals surface area contributed by atoms with E-state index in [1.807, 2.05) is 18.2 Å². The van der Waals surface area contributed by atoms with Gasteiger partial charge in [-0.15, -0.1) is 0 Å². The standard InChI is InChI=1S/C47H32O/c1-3-14-42-36-21-10-11-26-44(36)48-47(42)30(2)33-27-28-41-43(29-33)46(38-25-13-18-32-16-5-7-20-35(32)38)40-23-9-8-22-39(40)45(41)37-24-12-17-31-15-4-6-19-34(31)37/h3-29H,1H2,2H3/b42-14-,47-30-. The van der Waals surface area contributed by atoms with Crippen molar-refractivity contribution in [2.24, 2.45) is 0 Å². The normalized spacial score (nSPS) is 12.8. The van der Waals surface area contributed by atoms with Gasteiger partial charge in [0.2, 0.25) is 0 Å². The molecule has 1 heterocycles.